The zero-order valence-electron chi connectivity index (χ0n) is 12.6. The molecule has 18 heavy (non-hydrogen) atoms. The van der Waals surface area contributed by atoms with Crippen molar-refractivity contribution in [1.82, 2.24) is 0 Å². The Balaban J connectivity index is 4.86. The van der Waals surface area contributed by atoms with E-state index in [4.69, 9.17) is 0 Å². The van der Waals surface area contributed by atoms with Gasteiger partial charge in [-0.15, -0.1) is 0 Å². The summed E-state index contributed by atoms with van der Waals surface area (Å²) in [6.45, 7) is 16.6. The molecule has 0 radical (unpaired) electrons. The average molecular weight is 244 g/mol. The van der Waals surface area contributed by atoms with Crippen LogP contribution < -0.4 is 0 Å². The molecule has 0 aromatic carbocycles. The van der Waals surface area contributed by atoms with E-state index in [2.05, 4.69) is 65.2 Å². The van der Waals surface area contributed by atoms with Crippen molar-refractivity contribution in [3.8, 4) is 0 Å². The van der Waals surface area contributed by atoms with E-state index in [0.717, 1.165) is 31.3 Å². The van der Waals surface area contributed by atoms with Crippen LogP contribution in [0.25, 0.3) is 0 Å². The van der Waals surface area contributed by atoms with Gasteiger partial charge >= 0.3 is 0 Å². The zero-order valence-corrected chi connectivity index (χ0v) is 12.6. The summed E-state index contributed by atoms with van der Waals surface area (Å²) in [5.74, 6) is 0. The predicted octanol–water partition coefficient (Wildman–Crippen LogP) is 6.15. The second-order valence-electron chi connectivity index (χ2n) is 4.61. The quantitative estimate of drug-likeness (QED) is 0.355. The molecule has 0 saturated heterocycles. The maximum atomic E-state index is 4.08. The van der Waals surface area contributed by atoms with Gasteiger partial charge in [0, 0.05) is 0 Å². The van der Waals surface area contributed by atoms with E-state index in [-0.39, 0.29) is 0 Å². The minimum atomic E-state index is 1.06. The summed E-state index contributed by atoms with van der Waals surface area (Å²) >= 11 is 0. The SMILES string of the molecule is C=C(CC)CCC(=C/C)/C(=C/C=C\CC)C(=C)C. The molecule has 0 heterocycles. The largest absolute Gasteiger partial charge is 0.0999 e. The fourth-order valence-electron chi connectivity index (χ4n) is 1.75. The van der Waals surface area contributed by atoms with Crippen LogP contribution in [0.2, 0.25) is 0 Å². The molecule has 0 atom stereocenters. The van der Waals surface area contributed by atoms with Crippen LogP contribution in [0.5, 0.6) is 0 Å². The Morgan fingerprint density at radius 3 is 2.22 bits per heavy atom. The van der Waals surface area contributed by atoms with E-state index in [1.807, 2.05) is 0 Å². The Morgan fingerprint density at radius 2 is 1.78 bits per heavy atom. The molecule has 0 unspecified atom stereocenters. The summed E-state index contributed by atoms with van der Waals surface area (Å²) in [6, 6.07) is 0. The molecule has 0 aromatic heterocycles. The first-order valence-corrected chi connectivity index (χ1v) is 6.91. The molecular weight excluding hydrogens is 216 g/mol. The summed E-state index contributed by atoms with van der Waals surface area (Å²) in [5, 5.41) is 0. The molecule has 0 saturated carbocycles. The van der Waals surface area contributed by atoms with Crippen molar-refractivity contribution >= 4 is 0 Å². The van der Waals surface area contributed by atoms with Crippen molar-refractivity contribution < 1.29 is 0 Å². The maximum Gasteiger partial charge on any atom is -0.0204 e. The lowest BCUT2D eigenvalue weighted by Crippen LogP contribution is -1.93. The van der Waals surface area contributed by atoms with Crippen LogP contribution >= 0.6 is 0 Å². The highest BCUT2D eigenvalue weighted by molar-refractivity contribution is 5.46. The van der Waals surface area contributed by atoms with E-state index in [1.54, 1.807) is 0 Å². The lowest BCUT2D eigenvalue weighted by molar-refractivity contribution is 0.883. The summed E-state index contributed by atoms with van der Waals surface area (Å²) in [6.07, 6.45) is 12.9. The number of allylic oxidation sites excluding steroid dienone is 8. The van der Waals surface area contributed by atoms with Crippen LogP contribution in [-0.2, 0) is 0 Å². The molecule has 0 heteroatoms. The van der Waals surface area contributed by atoms with Crippen molar-refractivity contribution in [2.45, 2.75) is 53.4 Å². The highest BCUT2D eigenvalue weighted by atomic mass is 14.1. The Labute approximate surface area is 113 Å². The van der Waals surface area contributed by atoms with Gasteiger partial charge in [0.25, 0.3) is 0 Å². The van der Waals surface area contributed by atoms with E-state index >= 15 is 0 Å². The Kier molecular flexibility index (Phi) is 9.00. The van der Waals surface area contributed by atoms with Crippen molar-refractivity contribution in [2.75, 3.05) is 0 Å². The minimum absolute atomic E-state index is 1.06. The minimum Gasteiger partial charge on any atom is -0.0999 e. The van der Waals surface area contributed by atoms with Gasteiger partial charge in [0.15, 0.2) is 0 Å². The molecule has 0 aliphatic heterocycles. The highest BCUT2D eigenvalue weighted by Gasteiger charge is 2.05. The maximum absolute atomic E-state index is 4.08. The summed E-state index contributed by atoms with van der Waals surface area (Å²) in [5.41, 5.74) is 5.09. The van der Waals surface area contributed by atoms with Crippen molar-refractivity contribution in [3.05, 3.63) is 59.8 Å². The Hall–Kier alpha value is -1.30. The molecule has 0 aliphatic rings. The normalized spacial score (nSPS) is 13.1. The van der Waals surface area contributed by atoms with Gasteiger partial charge in [-0.05, 0) is 50.7 Å². The number of hydrogen-bond donors (Lipinski definition) is 0. The summed E-state index contributed by atoms with van der Waals surface area (Å²) in [4.78, 5) is 0. The van der Waals surface area contributed by atoms with E-state index < -0.39 is 0 Å². The van der Waals surface area contributed by atoms with Crippen molar-refractivity contribution in [3.63, 3.8) is 0 Å². The summed E-state index contributed by atoms with van der Waals surface area (Å²) in [7, 11) is 0. The highest BCUT2D eigenvalue weighted by Crippen LogP contribution is 2.24. The van der Waals surface area contributed by atoms with Crippen LogP contribution in [-0.4, -0.2) is 0 Å². The first-order chi connectivity index (χ1) is 8.56. The fraction of sp³-hybridized carbons (Fsp3) is 0.444. The number of hydrogen-bond acceptors (Lipinski definition) is 0. The standard InChI is InChI=1S/C18H28/c1-7-10-11-12-18(15(4)5)17(9-3)14-13-16(6)8-2/h9-12H,4,6-8,13-14H2,1-3,5H3/b11-10-,17-9-,18-12+. The van der Waals surface area contributed by atoms with Crippen LogP contribution in [0.1, 0.15) is 53.4 Å². The molecule has 100 valence electrons. The molecule has 0 aliphatic carbocycles. The molecule has 0 spiro atoms. The fourth-order valence-corrected chi connectivity index (χ4v) is 1.75. The molecule has 0 amide bonds. The Morgan fingerprint density at radius 1 is 1.11 bits per heavy atom. The molecular formula is C18H28. The monoisotopic (exact) mass is 244 g/mol. The van der Waals surface area contributed by atoms with E-state index in [0.29, 0.717) is 0 Å². The molecule has 0 rings (SSSR count). The lowest BCUT2D eigenvalue weighted by atomic mass is 9.93. The van der Waals surface area contributed by atoms with Crippen molar-refractivity contribution in [2.24, 2.45) is 0 Å². The third kappa shape index (κ3) is 6.44. The first kappa shape index (κ1) is 16.7. The van der Waals surface area contributed by atoms with E-state index in [1.165, 1.54) is 16.7 Å². The van der Waals surface area contributed by atoms with Crippen LogP contribution in [0.4, 0.5) is 0 Å². The predicted molar refractivity (Wildman–Crippen MR) is 84.8 cm³/mol. The smallest absolute Gasteiger partial charge is 0.0204 e. The van der Waals surface area contributed by atoms with Crippen LogP contribution in [0, 0.1) is 0 Å². The van der Waals surface area contributed by atoms with Gasteiger partial charge in [-0.2, -0.15) is 0 Å². The van der Waals surface area contributed by atoms with E-state index in [9.17, 15) is 0 Å². The molecule has 0 fully saturated rings. The molecule has 0 bridgehead atoms. The van der Waals surface area contributed by atoms with Gasteiger partial charge in [-0.25, -0.2) is 0 Å². The van der Waals surface area contributed by atoms with Gasteiger partial charge in [0.1, 0.15) is 0 Å². The van der Waals surface area contributed by atoms with Gasteiger partial charge in [-0.3, -0.25) is 0 Å². The lowest BCUT2D eigenvalue weighted by Gasteiger charge is -2.12. The van der Waals surface area contributed by atoms with Crippen LogP contribution in [0.15, 0.2) is 59.8 Å². The zero-order chi connectivity index (χ0) is 14.0. The topological polar surface area (TPSA) is 0 Å². The average Bonchev–Trinajstić information content (AvgIpc) is 2.36. The van der Waals surface area contributed by atoms with Gasteiger partial charge in [-0.1, -0.05) is 62.5 Å². The number of rotatable bonds is 8. The Bertz CT molecular complexity index is 361. The van der Waals surface area contributed by atoms with Gasteiger partial charge < -0.3 is 0 Å². The van der Waals surface area contributed by atoms with Gasteiger partial charge in [0.2, 0.25) is 0 Å². The van der Waals surface area contributed by atoms with Crippen molar-refractivity contribution in [1.29, 1.82) is 0 Å². The third-order valence-corrected chi connectivity index (χ3v) is 3.04. The first-order valence-electron chi connectivity index (χ1n) is 6.91. The van der Waals surface area contributed by atoms with Gasteiger partial charge in [0.05, 0.1) is 0 Å². The molecule has 0 nitrogen and oxygen atoms in total. The second-order valence-corrected chi connectivity index (χ2v) is 4.61. The molecule has 0 aromatic rings. The molecule has 0 N–H and O–H groups in total. The summed E-state index contributed by atoms with van der Waals surface area (Å²) < 4.78 is 0. The second kappa shape index (κ2) is 9.70. The third-order valence-electron chi connectivity index (χ3n) is 3.04. The van der Waals surface area contributed by atoms with Crippen LogP contribution in [0.3, 0.4) is 0 Å².